The number of nitrogens with zero attached hydrogens (tertiary/aromatic N) is 3. The number of esters is 1. The number of hydrogen-bond acceptors (Lipinski definition) is 7. The molecule has 2 heterocycles. The maximum Gasteiger partial charge on any atom is 0.337 e. The molecule has 10 heteroatoms. The summed E-state index contributed by atoms with van der Waals surface area (Å²) in [5.41, 5.74) is 3.66. The summed E-state index contributed by atoms with van der Waals surface area (Å²) in [6, 6.07) is 10.9. The second-order valence-corrected chi connectivity index (χ2v) is 9.15. The number of hydrogen-bond donors (Lipinski definition) is 1. The summed E-state index contributed by atoms with van der Waals surface area (Å²) < 4.78 is 33.7. The van der Waals surface area contributed by atoms with E-state index in [1.54, 1.807) is 18.5 Å². The highest BCUT2D eigenvalue weighted by Crippen LogP contribution is 2.27. The van der Waals surface area contributed by atoms with Crippen molar-refractivity contribution in [2.45, 2.75) is 10.9 Å². The zero-order chi connectivity index (χ0) is 19.9. The van der Waals surface area contributed by atoms with Gasteiger partial charge in [-0.15, -0.1) is 11.3 Å². The Labute approximate surface area is 164 Å². The molecule has 28 heavy (non-hydrogen) atoms. The molecular weight excluding hydrogens is 400 g/mol. The number of carbonyl (C=O) groups is 1. The predicted molar refractivity (Wildman–Crippen MR) is 106 cm³/mol. The number of imidazole rings is 1. The Morgan fingerprint density at radius 1 is 1.21 bits per heavy atom. The molecule has 0 amide bonds. The van der Waals surface area contributed by atoms with E-state index in [0.717, 1.165) is 27.1 Å². The van der Waals surface area contributed by atoms with Crippen molar-refractivity contribution in [1.82, 2.24) is 19.3 Å². The number of sulfonamides is 1. The maximum absolute atomic E-state index is 11.9. The molecule has 0 atom stereocenters. The lowest BCUT2D eigenvalue weighted by molar-refractivity contribution is 0.0601. The second kappa shape index (κ2) is 6.97. The number of methoxy groups -OCH3 is 1. The summed E-state index contributed by atoms with van der Waals surface area (Å²) in [6.07, 6.45) is 1.71. The number of carbonyl (C=O) groups excluding carboxylic acids is 1. The van der Waals surface area contributed by atoms with Crippen molar-refractivity contribution in [2.75, 3.05) is 14.2 Å². The molecule has 4 aromatic rings. The van der Waals surface area contributed by atoms with Crippen molar-refractivity contribution in [1.29, 1.82) is 0 Å². The van der Waals surface area contributed by atoms with Gasteiger partial charge < -0.3 is 9.30 Å². The highest BCUT2D eigenvalue weighted by Gasteiger charge is 2.17. The minimum atomic E-state index is -3.56. The highest BCUT2D eigenvalue weighted by molar-refractivity contribution is 7.91. The molecule has 0 aliphatic carbocycles. The highest BCUT2D eigenvalue weighted by atomic mass is 32.2. The van der Waals surface area contributed by atoms with Gasteiger partial charge in [-0.1, -0.05) is 6.07 Å². The zero-order valence-electron chi connectivity index (χ0n) is 15.0. The van der Waals surface area contributed by atoms with Crippen LogP contribution >= 0.6 is 11.3 Å². The monoisotopic (exact) mass is 416 g/mol. The summed E-state index contributed by atoms with van der Waals surface area (Å²) in [7, 11) is -0.856. The smallest absolute Gasteiger partial charge is 0.337 e. The number of thiazole rings is 1. The van der Waals surface area contributed by atoms with Crippen LogP contribution in [0.25, 0.3) is 21.3 Å². The Bertz CT molecular complexity index is 1310. The third kappa shape index (κ3) is 3.26. The van der Waals surface area contributed by atoms with Crippen molar-refractivity contribution in [3.05, 3.63) is 53.9 Å². The summed E-state index contributed by atoms with van der Waals surface area (Å²) in [4.78, 5) is 20.2. The molecule has 0 unspecified atom stereocenters. The Morgan fingerprint density at radius 3 is 2.79 bits per heavy atom. The maximum atomic E-state index is 11.9. The first-order valence-corrected chi connectivity index (χ1v) is 10.6. The number of nitrogens with one attached hydrogen (secondary N) is 1. The van der Waals surface area contributed by atoms with Crippen molar-refractivity contribution < 1.29 is 17.9 Å². The minimum absolute atomic E-state index is 0.0468. The minimum Gasteiger partial charge on any atom is -0.465 e. The molecule has 4 rings (SSSR count). The molecule has 0 saturated carbocycles. The first kappa shape index (κ1) is 18.5. The van der Waals surface area contributed by atoms with Gasteiger partial charge in [-0.05, 0) is 42.9 Å². The van der Waals surface area contributed by atoms with Crippen LogP contribution in [0.5, 0.6) is 0 Å². The van der Waals surface area contributed by atoms with Gasteiger partial charge >= 0.3 is 5.97 Å². The molecular formula is C18H16N4O4S2. The Morgan fingerprint density at radius 2 is 2.04 bits per heavy atom. The summed E-state index contributed by atoms with van der Waals surface area (Å²) in [5, 5.41) is 0. The first-order valence-electron chi connectivity index (χ1n) is 8.27. The molecule has 0 radical (unpaired) electrons. The summed E-state index contributed by atoms with van der Waals surface area (Å²) in [5.74, 6) is -0.403. The van der Waals surface area contributed by atoms with E-state index in [0.29, 0.717) is 23.1 Å². The van der Waals surface area contributed by atoms with Gasteiger partial charge in [-0.2, -0.15) is 0 Å². The number of rotatable bonds is 5. The average Bonchev–Trinajstić information content (AvgIpc) is 3.31. The van der Waals surface area contributed by atoms with Crippen LogP contribution in [0.4, 0.5) is 0 Å². The molecule has 2 aromatic heterocycles. The SMILES string of the molecule is CNS(=O)(=O)c1nc2ccc(Cn3cnc4cc(C(=O)OC)ccc43)cc2s1. The molecule has 1 N–H and O–H groups in total. The molecule has 0 aliphatic rings. The van der Waals surface area contributed by atoms with Gasteiger partial charge in [0.1, 0.15) is 0 Å². The third-order valence-corrected chi connectivity index (χ3v) is 7.14. The van der Waals surface area contributed by atoms with Gasteiger partial charge in [0.2, 0.25) is 4.34 Å². The molecule has 0 spiro atoms. The van der Waals surface area contributed by atoms with Gasteiger partial charge in [0.15, 0.2) is 0 Å². The van der Waals surface area contributed by atoms with Gasteiger partial charge in [0.25, 0.3) is 10.0 Å². The lowest BCUT2D eigenvalue weighted by atomic mass is 10.2. The Hall–Kier alpha value is -2.82. The van der Waals surface area contributed by atoms with Crippen molar-refractivity contribution in [2.24, 2.45) is 0 Å². The van der Waals surface area contributed by atoms with Crippen LogP contribution < -0.4 is 4.72 Å². The van der Waals surface area contributed by atoms with E-state index < -0.39 is 16.0 Å². The second-order valence-electron chi connectivity index (χ2n) is 6.06. The van der Waals surface area contributed by atoms with E-state index in [-0.39, 0.29) is 4.34 Å². The molecule has 0 bridgehead atoms. The van der Waals surface area contributed by atoms with Crippen LogP contribution in [0.3, 0.4) is 0 Å². The fourth-order valence-corrected chi connectivity index (χ4v) is 4.99. The van der Waals surface area contributed by atoms with E-state index in [2.05, 4.69) is 14.7 Å². The van der Waals surface area contributed by atoms with Crippen LogP contribution in [-0.2, 0) is 21.3 Å². The van der Waals surface area contributed by atoms with Crippen LogP contribution in [0.15, 0.2) is 47.1 Å². The fraction of sp³-hybridized carbons (Fsp3) is 0.167. The van der Waals surface area contributed by atoms with E-state index in [9.17, 15) is 13.2 Å². The average molecular weight is 416 g/mol. The largest absolute Gasteiger partial charge is 0.465 e. The lowest BCUT2D eigenvalue weighted by Crippen LogP contribution is -2.18. The molecule has 0 fully saturated rings. The van der Waals surface area contributed by atoms with Crippen molar-refractivity contribution in [3.8, 4) is 0 Å². The molecule has 0 aliphatic heterocycles. The topological polar surface area (TPSA) is 103 Å². The van der Waals surface area contributed by atoms with Crippen LogP contribution in [0, 0.1) is 0 Å². The van der Waals surface area contributed by atoms with Crippen LogP contribution in [0.1, 0.15) is 15.9 Å². The van der Waals surface area contributed by atoms with Gasteiger partial charge in [-0.25, -0.2) is 27.9 Å². The van der Waals surface area contributed by atoms with Crippen molar-refractivity contribution in [3.63, 3.8) is 0 Å². The molecule has 8 nitrogen and oxygen atoms in total. The van der Waals surface area contributed by atoms with Gasteiger partial charge in [0.05, 0.1) is 40.3 Å². The number of ether oxygens (including phenoxy) is 1. The number of aromatic nitrogens is 3. The first-order chi connectivity index (χ1) is 13.4. The standard InChI is InChI=1S/C18H16N4O4S2/c1-19-28(24,25)18-21-13-5-3-11(7-16(13)27-18)9-22-10-20-14-8-12(17(23)26-2)4-6-15(14)22/h3-8,10,19H,9H2,1-2H3. The summed E-state index contributed by atoms with van der Waals surface area (Å²) >= 11 is 1.13. The Balaban J connectivity index is 1.67. The molecule has 144 valence electrons. The van der Waals surface area contributed by atoms with E-state index in [1.807, 2.05) is 28.8 Å². The normalized spacial score (nSPS) is 11.9. The van der Waals surface area contributed by atoms with Crippen molar-refractivity contribution >= 4 is 48.6 Å². The quantitative estimate of drug-likeness (QED) is 0.501. The van der Waals surface area contributed by atoms with Gasteiger partial charge in [-0.3, -0.25) is 0 Å². The van der Waals surface area contributed by atoms with E-state index in [1.165, 1.54) is 14.2 Å². The predicted octanol–water partition coefficient (Wildman–Crippen LogP) is 2.39. The fourth-order valence-electron chi connectivity index (χ4n) is 2.88. The van der Waals surface area contributed by atoms with Crippen LogP contribution in [0.2, 0.25) is 0 Å². The molecule has 0 saturated heterocycles. The lowest BCUT2D eigenvalue weighted by Gasteiger charge is -2.05. The van der Waals surface area contributed by atoms with E-state index >= 15 is 0 Å². The number of benzene rings is 2. The summed E-state index contributed by atoms with van der Waals surface area (Å²) in [6.45, 7) is 0.552. The van der Waals surface area contributed by atoms with Gasteiger partial charge in [0, 0.05) is 6.54 Å². The van der Waals surface area contributed by atoms with Crippen LogP contribution in [-0.4, -0.2) is 43.1 Å². The number of fused-ring (bicyclic) bond motifs is 2. The zero-order valence-corrected chi connectivity index (χ0v) is 16.7. The third-order valence-electron chi connectivity index (χ3n) is 4.33. The molecule has 2 aromatic carbocycles. The Kier molecular flexibility index (Phi) is 4.61. The van der Waals surface area contributed by atoms with E-state index in [4.69, 9.17) is 4.74 Å².